The largest absolute Gasteiger partial charge is 0.445 e. The molecule has 116 valence electrons. The van der Waals surface area contributed by atoms with E-state index < -0.39 is 14.7 Å². The van der Waals surface area contributed by atoms with Crippen LogP contribution in [0, 0.1) is 5.92 Å². The second-order valence-electron chi connectivity index (χ2n) is 5.76. The van der Waals surface area contributed by atoms with Crippen LogP contribution in [0.5, 0.6) is 0 Å². The smallest absolute Gasteiger partial charge is 0.160 e. The first-order valence-electron chi connectivity index (χ1n) is 7.34. The zero-order chi connectivity index (χ0) is 15.1. The van der Waals surface area contributed by atoms with Gasteiger partial charge in [0, 0.05) is 4.90 Å². The number of halogens is 4. The molecule has 0 saturated heterocycles. The molecule has 0 aromatic heterocycles. The molecule has 0 amide bonds. The molecule has 1 aliphatic carbocycles. The summed E-state index contributed by atoms with van der Waals surface area (Å²) >= 11 is 0. The zero-order valence-corrected chi connectivity index (χ0v) is 13.2. The average molecular weight is 335 g/mol. The lowest BCUT2D eigenvalue weighted by Crippen LogP contribution is -2.19. The number of rotatable bonds is 1. The van der Waals surface area contributed by atoms with Crippen LogP contribution < -0.4 is 0 Å². The van der Waals surface area contributed by atoms with Crippen LogP contribution in [0.4, 0.5) is 13.2 Å². The van der Waals surface area contributed by atoms with E-state index in [4.69, 9.17) is 10.7 Å². The third-order valence-corrected chi connectivity index (χ3v) is 8.70. The van der Waals surface area contributed by atoms with Crippen molar-refractivity contribution in [2.75, 3.05) is 0 Å². The van der Waals surface area contributed by atoms with Gasteiger partial charge in [0.05, 0.1) is 0 Å². The number of hydrogen-bond acceptors (Lipinski definition) is 0. The van der Waals surface area contributed by atoms with Crippen molar-refractivity contribution in [3.63, 3.8) is 0 Å². The first kappa shape index (κ1) is 15.3. The maximum Gasteiger partial charge on any atom is 0.445 e. The predicted octanol–water partition coefficient (Wildman–Crippen LogP) is 6.85. The molecule has 0 N–H and O–H groups in total. The van der Waals surface area contributed by atoms with Crippen molar-refractivity contribution in [3.05, 3.63) is 34.7 Å². The maximum atomic E-state index is 13.8. The van der Waals surface area contributed by atoms with E-state index >= 15 is 0 Å². The third kappa shape index (κ3) is 2.50. The molecule has 0 bridgehead atoms. The summed E-state index contributed by atoms with van der Waals surface area (Å²) in [6.45, 7) is 0. The molecule has 1 aliphatic heterocycles. The first-order chi connectivity index (χ1) is 9.94. The Bertz CT molecular complexity index is 559. The summed E-state index contributed by atoms with van der Waals surface area (Å²) in [5.41, 5.74) is -3.74. The summed E-state index contributed by atoms with van der Waals surface area (Å²) < 4.78 is 41.4. The molecule has 3 rings (SSSR count). The van der Waals surface area contributed by atoms with Gasteiger partial charge in [0.25, 0.3) is 0 Å². The molecule has 1 saturated carbocycles. The lowest BCUT2D eigenvalue weighted by atomic mass is 9.99. The van der Waals surface area contributed by atoms with Gasteiger partial charge < -0.3 is 0 Å². The van der Waals surface area contributed by atoms with Crippen LogP contribution in [0.25, 0.3) is 6.08 Å². The summed E-state index contributed by atoms with van der Waals surface area (Å²) in [6.07, 6.45) is 7.63. The van der Waals surface area contributed by atoms with Crippen molar-refractivity contribution >= 4 is 26.0 Å². The van der Waals surface area contributed by atoms with E-state index in [1.165, 1.54) is 0 Å². The number of benzene rings is 1. The van der Waals surface area contributed by atoms with Gasteiger partial charge in [-0.15, -0.1) is 0 Å². The molecule has 1 heterocycles. The van der Waals surface area contributed by atoms with E-state index in [0.717, 1.165) is 38.5 Å². The van der Waals surface area contributed by atoms with Crippen LogP contribution in [0.3, 0.4) is 0 Å². The van der Waals surface area contributed by atoms with Crippen molar-refractivity contribution in [3.8, 4) is 0 Å². The molecular weight excluding hydrogens is 317 g/mol. The monoisotopic (exact) mass is 334 g/mol. The van der Waals surface area contributed by atoms with Crippen LogP contribution in [0.15, 0.2) is 34.1 Å². The van der Waals surface area contributed by atoms with Crippen LogP contribution in [-0.4, -0.2) is 5.51 Å². The molecule has 5 heteroatoms. The molecule has 0 nitrogen and oxygen atoms in total. The van der Waals surface area contributed by atoms with Crippen molar-refractivity contribution in [2.24, 2.45) is 5.92 Å². The van der Waals surface area contributed by atoms with Crippen molar-refractivity contribution < 1.29 is 13.2 Å². The fourth-order valence-corrected chi connectivity index (χ4v) is 6.79. The van der Waals surface area contributed by atoms with Gasteiger partial charge in [-0.05, 0) is 61.3 Å². The quantitative estimate of drug-likeness (QED) is 0.493. The molecular formula is C16H18ClF3S. The van der Waals surface area contributed by atoms with Crippen LogP contribution in [0.1, 0.15) is 44.1 Å². The normalized spacial score (nSPS) is 30.2. The van der Waals surface area contributed by atoms with Crippen molar-refractivity contribution in [2.45, 2.75) is 48.9 Å². The highest BCUT2D eigenvalue weighted by molar-refractivity contribution is 8.54. The van der Waals surface area contributed by atoms with Gasteiger partial charge in [0.2, 0.25) is 0 Å². The van der Waals surface area contributed by atoms with Gasteiger partial charge in [-0.1, -0.05) is 43.9 Å². The second kappa shape index (κ2) is 5.54. The number of allylic oxidation sites excluding steroid dienone is 1. The minimum Gasteiger partial charge on any atom is -0.160 e. The Morgan fingerprint density at radius 2 is 1.62 bits per heavy atom. The number of fused-ring (bicyclic) bond motifs is 1. The van der Waals surface area contributed by atoms with E-state index in [1.807, 2.05) is 0 Å². The van der Waals surface area contributed by atoms with Gasteiger partial charge in [-0.3, -0.25) is 0 Å². The lowest BCUT2D eigenvalue weighted by molar-refractivity contribution is -0.0361. The molecule has 0 spiro atoms. The second-order valence-corrected chi connectivity index (χ2v) is 9.59. The molecule has 1 atom stereocenters. The first-order valence-corrected chi connectivity index (χ1v) is 9.80. The van der Waals surface area contributed by atoms with E-state index in [1.54, 1.807) is 30.3 Å². The number of hydrogen-bond donors (Lipinski definition) is 0. The SMILES string of the molecule is FC(F)(F)S1(Cl)C(C2CCCCCC2)=Cc2ccccc21. The lowest BCUT2D eigenvalue weighted by Gasteiger charge is -2.37. The minimum atomic E-state index is -4.39. The Kier molecular flexibility index (Phi) is 4.04. The summed E-state index contributed by atoms with van der Waals surface area (Å²) in [4.78, 5) is 0.721. The Balaban J connectivity index is 2.07. The number of alkyl halides is 3. The van der Waals surface area contributed by atoms with Crippen molar-refractivity contribution in [1.29, 1.82) is 0 Å². The Labute approximate surface area is 129 Å². The maximum absolute atomic E-state index is 13.8. The fraction of sp³-hybridized carbons (Fsp3) is 0.500. The van der Waals surface area contributed by atoms with Crippen LogP contribution >= 0.6 is 19.9 Å². The highest BCUT2D eigenvalue weighted by atomic mass is 35.7. The van der Waals surface area contributed by atoms with Crippen LogP contribution in [-0.2, 0) is 0 Å². The summed E-state index contributed by atoms with van der Waals surface area (Å²) in [5, 5.41) is 0. The minimum absolute atomic E-state index is 0.0194. The molecule has 1 unspecified atom stereocenters. The van der Waals surface area contributed by atoms with Gasteiger partial charge in [-0.2, -0.15) is 13.2 Å². The van der Waals surface area contributed by atoms with Crippen LogP contribution in [0.2, 0.25) is 0 Å². The standard InChI is InChI=1S/C16H18ClF3S/c17-21(16(18,19)20)14-10-6-5-9-13(14)11-15(21)12-7-3-1-2-4-8-12/h5-6,9-12H,1-4,7-8H2. The van der Waals surface area contributed by atoms with E-state index in [-0.39, 0.29) is 10.8 Å². The summed E-state index contributed by atoms with van der Waals surface area (Å²) in [7, 11) is 2.92. The predicted molar refractivity (Wildman–Crippen MR) is 83.4 cm³/mol. The average Bonchev–Trinajstić information content (AvgIpc) is 2.63. The molecule has 2 aliphatic rings. The van der Waals surface area contributed by atoms with Gasteiger partial charge in [0.15, 0.2) is 0 Å². The van der Waals surface area contributed by atoms with Gasteiger partial charge >= 0.3 is 5.51 Å². The Morgan fingerprint density at radius 1 is 1.00 bits per heavy atom. The third-order valence-electron chi connectivity index (χ3n) is 4.42. The molecule has 0 radical (unpaired) electrons. The van der Waals surface area contributed by atoms with Crippen molar-refractivity contribution in [1.82, 2.24) is 0 Å². The van der Waals surface area contributed by atoms with E-state index in [2.05, 4.69) is 0 Å². The molecule has 1 aromatic rings. The van der Waals surface area contributed by atoms with E-state index in [0.29, 0.717) is 10.5 Å². The Hall–Kier alpha value is -0.610. The molecule has 1 aromatic carbocycles. The molecule has 21 heavy (non-hydrogen) atoms. The van der Waals surface area contributed by atoms with E-state index in [9.17, 15) is 13.2 Å². The highest BCUT2D eigenvalue weighted by Crippen LogP contribution is 2.81. The van der Waals surface area contributed by atoms with Gasteiger partial charge in [-0.25, -0.2) is 0 Å². The fourth-order valence-electron chi connectivity index (χ4n) is 3.39. The Morgan fingerprint density at radius 3 is 2.24 bits per heavy atom. The summed E-state index contributed by atoms with van der Waals surface area (Å²) in [6, 6.07) is 6.72. The topological polar surface area (TPSA) is 0 Å². The van der Waals surface area contributed by atoms with Gasteiger partial charge in [0.1, 0.15) is 0 Å². The molecule has 1 fully saturated rings. The highest BCUT2D eigenvalue weighted by Gasteiger charge is 2.57. The zero-order valence-electron chi connectivity index (χ0n) is 11.6. The summed E-state index contributed by atoms with van der Waals surface area (Å²) in [5.74, 6) is -0.0194.